The average Bonchev–Trinajstić information content (AvgIpc) is 3.23. The fourth-order valence-electron chi connectivity index (χ4n) is 3.39. The third-order valence-electron chi connectivity index (χ3n) is 4.91. The smallest absolute Gasteiger partial charge is 0.263 e. The monoisotopic (exact) mass is 395 g/mol. The summed E-state index contributed by atoms with van der Waals surface area (Å²) in [7, 11) is 0. The molecule has 3 amide bonds. The van der Waals surface area contributed by atoms with Crippen molar-refractivity contribution in [3.05, 3.63) is 59.9 Å². The van der Waals surface area contributed by atoms with Crippen molar-refractivity contribution in [3.8, 4) is 0 Å². The number of hydrogen-bond donors (Lipinski definition) is 1. The quantitative estimate of drug-likeness (QED) is 0.786. The lowest BCUT2D eigenvalue weighted by molar-refractivity contribution is -0.123. The summed E-state index contributed by atoms with van der Waals surface area (Å²) in [5.74, 6) is -2.12. The maximum Gasteiger partial charge on any atom is 0.263 e. The molecule has 2 aromatic rings. The van der Waals surface area contributed by atoms with Gasteiger partial charge in [-0.3, -0.25) is 19.4 Å². The van der Waals surface area contributed by atoms with Gasteiger partial charge in [-0.2, -0.15) is 5.11 Å². The molecule has 0 unspecified atom stereocenters. The molecule has 2 aliphatic heterocycles. The highest BCUT2D eigenvalue weighted by Crippen LogP contribution is 2.32. The van der Waals surface area contributed by atoms with Gasteiger partial charge in [-0.1, -0.05) is 36.4 Å². The van der Waals surface area contributed by atoms with Gasteiger partial charge in [0, 0.05) is 0 Å². The Kier molecular flexibility index (Phi) is 4.79. The van der Waals surface area contributed by atoms with E-state index in [4.69, 9.17) is 0 Å². The molecule has 8 nitrogen and oxygen atoms in total. The van der Waals surface area contributed by atoms with Gasteiger partial charge < -0.3 is 5.32 Å². The van der Waals surface area contributed by atoms with Gasteiger partial charge in [-0.25, -0.2) is 9.29 Å². The highest BCUT2D eigenvalue weighted by molar-refractivity contribution is 6.25. The predicted octanol–water partition coefficient (Wildman–Crippen LogP) is 2.32. The summed E-state index contributed by atoms with van der Waals surface area (Å²) in [5, 5.41) is 11.3. The highest BCUT2D eigenvalue weighted by Gasteiger charge is 2.55. The van der Waals surface area contributed by atoms with E-state index in [0.29, 0.717) is 5.69 Å². The van der Waals surface area contributed by atoms with E-state index in [-0.39, 0.29) is 12.2 Å². The number of benzene rings is 2. The Hall–Kier alpha value is -3.62. The molecule has 1 fully saturated rings. The number of amides is 3. The van der Waals surface area contributed by atoms with E-state index in [9.17, 15) is 18.8 Å². The summed E-state index contributed by atoms with van der Waals surface area (Å²) in [5.41, 5.74) is 1.56. The van der Waals surface area contributed by atoms with Crippen LogP contribution < -0.4 is 10.2 Å². The lowest BCUT2D eigenvalue weighted by atomic mass is 10.1. The first-order chi connectivity index (χ1) is 14.0. The summed E-state index contributed by atoms with van der Waals surface area (Å²) in [6.07, 6.45) is 0.840. The largest absolute Gasteiger partial charge is 0.322 e. The van der Waals surface area contributed by atoms with Crippen molar-refractivity contribution >= 4 is 29.1 Å². The molecular weight excluding hydrogens is 377 g/mol. The van der Waals surface area contributed by atoms with Crippen molar-refractivity contribution in [1.82, 2.24) is 5.01 Å². The lowest BCUT2D eigenvalue weighted by Crippen LogP contribution is -2.43. The summed E-state index contributed by atoms with van der Waals surface area (Å²) in [6.45, 7) is 1.68. The minimum absolute atomic E-state index is 0.0247. The summed E-state index contributed by atoms with van der Waals surface area (Å²) < 4.78 is 13.7. The second-order valence-electron chi connectivity index (χ2n) is 6.75. The molecule has 0 saturated carbocycles. The van der Waals surface area contributed by atoms with E-state index < -0.39 is 35.6 Å². The molecule has 0 aromatic heterocycles. The van der Waals surface area contributed by atoms with Crippen LogP contribution in [0.2, 0.25) is 0 Å². The molecule has 0 bridgehead atoms. The van der Waals surface area contributed by atoms with Gasteiger partial charge in [0.25, 0.3) is 11.8 Å². The minimum Gasteiger partial charge on any atom is -0.322 e. The summed E-state index contributed by atoms with van der Waals surface area (Å²) in [6, 6.07) is 10.9. The maximum absolute atomic E-state index is 13.7. The van der Waals surface area contributed by atoms with Crippen molar-refractivity contribution in [2.45, 2.75) is 25.4 Å². The molecule has 2 heterocycles. The van der Waals surface area contributed by atoms with Crippen LogP contribution in [0.3, 0.4) is 0 Å². The standard InChI is InChI=1S/C20H18FN5O3/c1-2-12-7-9-13(10-8-12)26-19(28)17-18(20(26)29)25(24-23-17)11-16(27)22-15-6-4-3-5-14(15)21/h3-10,17-18H,2,11H2,1H3,(H,22,27)/t17-,18+/m0/s1. The first-order valence-electron chi connectivity index (χ1n) is 9.18. The number of imide groups is 1. The molecule has 4 rings (SSSR count). The molecule has 148 valence electrons. The van der Waals surface area contributed by atoms with Gasteiger partial charge in [0.2, 0.25) is 5.91 Å². The van der Waals surface area contributed by atoms with Gasteiger partial charge >= 0.3 is 0 Å². The van der Waals surface area contributed by atoms with Crippen molar-refractivity contribution in [1.29, 1.82) is 0 Å². The van der Waals surface area contributed by atoms with E-state index in [2.05, 4.69) is 15.7 Å². The van der Waals surface area contributed by atoms with Crippen LogP contribution in [-0.2, 0) is 20.8 Å². The fourth-order valence-corrected chi connectivity index (χ4v) is 3.39. The number of carbonyl (C=O) groups is 3. The van der Waals surface area contributed by atoms with Crippen LogP contribution in [0.5, 0.6) is 0 Å². The second kappa shape index (κ2) is 7.42. The van der Waals surface area contributed by atoms with Gasteiger partial charge in [-0.05, 0) is 36.2 Å². The van der Waals surface area contributed by atoms with Gasteiger partial charge in [0.1, 0.15) is 12.4 Å². The zero-order valence-electron chi connectivity index (χ0n) is 15.6. The van der Waals surface area contributed by atoms with E-state index in [1.165, 1.54) is 23.2 Å². The highest BCUT2D eigenvalue weighted by atomic mass is 19.1. The van der Waals surface area contributed by atoms with Crippen LogP contribution in [0.15, 0.2) is 58.9 Å². The Morgan fingerprint density at radius 2 is 1.83 bits per heavy atom. The van der Waals surface area contributed by atoms with Crippen LogP contribution >= 0.6 is 0 Å². The van der Waals surface area contributed by atoms with Crippen molar-refractivity contribution < 1.29 is 18.8 Å². The number of nitrogens with one attached hydrogen (secondary N) is 1. The minimum atomic E-state index is -0.991. The number of halogens is 1. The van der Waals surface area contributed by atoms with Crippen molar-refractivity contribution in [2.24, 2.45) is 10.3 Å². The molecule has 2 atom stereocenters. The molecule has 0 spiro atoms. The van der Waals surface area contributed by atoms with Crippen LogP contribution in [0.4, 0.5) is 15.8 Å². The molecular formula is C20H18FN5O3. The zero-order chi connectivity index (χ0) is 20.5. The van der Waals surface area contributed by atoms with Crippen molar-refractivity contribution in [2.75, 3.05) is 16.8 Å². The van der Waals surface area contributed by atoms with Crippen LogP contribution in [-0.4, -0.2) is 41.4 Å². The topological polar surface area (TPSA) is 94.4 Å². The number of para-hydroxylation sites is 1. The van der Waals surface area contributed by atoms with E-state index in [0.717, 1.165) is 16.9 Å². The number of aryl methyl sites for hydroxylation is 1. The summed E-state index contributed by atoms with van der Waals surface area (Å²) in [4.78, 5) is 39.0. The Morgan fingerprint density at radius 3 is 2.52 bits per heavy atom. The summed E-state index contributed by atoms with van der Waals surface area (Å²) >= 11 is 0. The zero-order valence-corrected chi connectivity index (χ0v) is 15.6. The van der Waals surface area contributed by atoms with Crippen LogP contribution in [0, 0.1) is 5.82 Å². The number of nitrogens with zero attached hydrogens (tertiary/aromatic N) is 4. The molecule has 1 saturated heterocycles. The average molecular weight is 395 g/mol. The predicted molar refractivity (Wildman–Crippen MR) is 102 cm³/mol. The van der Waals surface area contributed by atoms with E-state index in [1.54, 1.807) is 18.2 Å². The molecule has 0 aliphatic carbocycles. The lowest BCUT2D eigenvalue weighted by Gasteiger charge is -2.20. The Morgan fingerprint density at radius 1 is 1.10 bits per heavy atom. The molecule has 9 heteroatoms. The number of anilines is 2. The van der Waals surface area contributed by atoms with Gasteiger partial charge in [0.05, 0.1) is 11.4 Å². The third kappa shape index (κ3) is 3.35. The Labute approximate surface area is 166 Å². The Bertz CT molecular complexity index is 1010. The molecule has 0 radical (unpaired) electrons. The van der Waals surface area contributed by atoms with E-state index >= 15 is 0 Å². The Balaban J connectivity index is 1.49. The number of rotatable bonds is 5. The maximum atomic E-state index is 13.7. The number of carbonyl (C=O) groups excluding carboxylic acids is 3. The molecule has 29 heavy (non-hydrogen) atoms. The van der Waals surface area contributed by atoms with Crippen LogP contribution in [0.25, 0.3) is 0 Å². The fraction of sp³-hybridized carbons (Fsp3) is 0.250. The molecule has 2 aromatic carbocycles. The normalized spacial score (nSPS) is 20.3. The van der Waals surface area contributed by atoms with E-state index in [1.807, 2.05) is 19.1 Å². The first kappa shape index (κ1) is 18.7. The van der Waals surface area contributed by atoms with Crippen LogP contribution in [0.1, 0.15) is 12.5 Å². The molecule has 1 N–H and O–H groups in total. The SMILES string of the molecule is CCc1ccc(N2C(=O)[C@H]3N=NN(CC(=O)Nc4ccccc4F)[C@H]3C2=O)cc1. The van der Waals surface area contributed by atoms with Gasteiger partial charge in [-0.15, -0.1) is 0 Å². The first-order valence-corrected chi connectivity index (χ1v) is 9.18. The molecule has 2 aliphatic rings. The van der Waals surface area contributed by atoms with Crippen molar-refractivity contribution in [3.63, 3.8) is 0 Å². The third-order valence-corrected chi connectivity index (χ3v) is 4.91. The van der Waals surface area contributed by atoms with Gasteiger partial charge in [0.15, 0.2) is 12.1 Å². The second-order valence-corrected chi connectivity index (χ2v) is 6.75. The number of fused-ring (bicyclic) bond motifs is 1. The number of hydrogen-bond acceptors (Lipinski definition) is 6.